The molecule has 2 fully saturated rings. The highest BCUT2D eigenvalue weighted by atomic mass is 19.1. The molecule has 1 aromatic rings. The van der Waals surface area contributed by atoms with Crippen molar-refractivity contribution in [1.82, 2.24) is 15.5 Å². The monoisotopic (exact) mass is 333 g/mol. The Morgan fingerprint density at radius 1 is 1.08 bits per heavy atom. The Morgan fingerprint density at radius 2 is 1.75 bits per heavy atom. The maximum atomic E-state index is 12.9. The van der Waals surface area contributed by atoms with Crippen LogP contribution in [0.15, 0.2) is 24.3 Å². The molecule has 0 radical (unpaired) electrons. The van der Waals surface area contributed by atoms with Crippen molar-refractivity contribution >= 4 is 11.8 Å². The lowest BCUT2D eigenvalue weighted by Crippen LogP contribution is -2.44. The number of nitrogens with one attached hydrogen (secondary N) is 2. The lowest BCUT2D eigenvalue weighted by atomic mass is 9.96. The number of hydrogen-bond donors (Lipinski definition) is 2. The molecule has 1 heterocycles. The highest BCUT2D eigenvalue weighted by molar-refractivity contribution is 5.79. The molecule has 0 aromatic heterocycles. The first-order valence-electron chi connectivity index (χ1n) is 8.64. The molecular formula is C18H24FN3O2. The first-order chi connectivity index (χ1) is 11.6. The minimum Gasteiger partial charge on any atom is -0.352 e. The molecule has 1 aromatic carbocycles. The van der Waals surface area contributed by atoms with Crippen LogP contribution in [0, 0.1) is 11.7 Å². The molecular weight excluding hydrogens is 309 g/mol. The fourth-order valence-corrected chi connectivity index (χ4v) is 2.99. The fraction of sp³-hybridized carbons (Fsp3) is 0.556. The number of carbonyl (C=O) groups is 2. The van der Waals surface area contributed by atoms with E-state index in [0.717, 1.165) is 44.3 Å². The average molecular weight is 333 g/mol. The minimum atomic E-state index is -0.275. The summed E-state index contributed by atoms with van der Waals surface area (Å²) in [5, 5.41) is 5.91. The summed E-state index contributed by atoms with van der Waals surface area (Å²) in [6.45, 7) is 2.39. The number of halogens is 1. The molecule has 0 atom stereocenters. The fourth-order valence-electron chi connectivity index (χ4n) is 2.99. The number of piperidine rings is 1. The van der Waals surface area contributed by atoms with Gasteiger partial charge in [0.15, 0.2) is 0 Å². The Labute approximate surface area is 141 Å². The maximum absolute atomic E-state index is 12.9. The maximum Gasteiger partial charge on any atom is 0.234 e. The second kappa shape index (κ2) is 7.75. The summed E-state index contributed by atoms with van der Waals surface area (Å²) in [4.78, 5) is 26.2. The van der Waals surface area contributed by atoms with Crippen LogP contribution < -0.4 is 10.6 Å². The number of nitrogens with zero attached hydrogens (tertiary/aromatic N) is 1. The van der Waals surface area contributed by atoms with Gasteiger partial charge in [-0.2, -0.15) is 0 Å². The first kappa shape index (κ1) is 16.9. The molecule has 0 bridgehead atoms. The lowest BCUT2D eigenvalue weighted by molar-refractivity contribution is -0.127. The molecule has 1 aliphatic carbocycles. The summed E-state index contributed by atoms with van der Waals surface area (Å²) >= 11 is 0. The summed E-state index contributed by atoms with van der Waals surface area (Å²) in [6, 6.07) is 6.54. The van der Waals surface area contributed by atoms with E-state index in [1.807, 2.05) is 0 Å². The van der Waals surface area contributed by atoms with E-state index in [1.54, 1.807) is 12.1 Å². The molecule has 0 unspecified atom stereocenters. The Balaban J connectivity index is 1.36. The van der Waals surface area contributed by atoms with Gasteiger partial charge in [0.2, 0.25) is 11.8 Å². The van der Waals surface area contributed by atoms with E-state index in [2.05, 4.69) is 15.5 Å². The summed E-state index contributed by atoms with van der Waals surface area (Å²) in [6.07, 6.45) is 3.74. The van der Waals surface area contributed by atoms with Gasteiger partial charge in [-0.3, -0.25) is 14.5 Å². The molecule has 5 nitrogen and oxygen atoms in total. The van der Waals surface area contributed by atoms with Crippen LogP contribution in [-0.2, 0) is 16.1 Å². The summed E-state index contributed by atoms with van der Waals surface area (Å²) in [7, 11) is 0. The molecule has 3 rings (SSSR count). The van der Waals surface area contributed by atoms with Gasteiger partial charge in [0.1, 0.15) is 5.82 Å². The van der Waals surface area contributed by atoms with Crippen LogP contribution in [0.25, 0.3) is 0 Å². The standard InChI is InChI=1S/C18H24FN3O2/c19-15-3-1-13(2-4-15)11-20-18(24)14-7-9-22(10-8-14)12-17(23)21-16-5-6-16/h1-4,14,16H,5-12H2,(H,20,24)(H,21,23). The Hall–Kier alpha value is -1.95. The third kappa shape index (κ3) is 5.03. The summed E-state index contributed by atoms with van der Waals surface area (Å²) in [5.41, 5.74) is 0.888. The molecule has 6 heteroatoms. The number of benzene rings is 1. The van der Waals surface area contributed by atoms with Crippen LogP contribution in [-0.4, -0.2) is 42.4 Å². The smallest absolute Gasteiger partial charge is 0.234 e. The molecule has 1 saturated carbocycles. The molecule has 1 aliphatic heterocycles. The van der Waals surface area contributed by atoms with Gasteiger partial charge >= 0.3 is 0 Å². The van der Waals surface area contributed by atoms with Crippen molar-refractivity contribution in [3.8, 4) is 0 Å². The van der Waals surface area contributed by atoms with Crippen molar-refractivity contribution in [3.63, 3.8) is 0 Å². The second-order valence-corrected chi connectivity index (χ2v) is 6.74. The highest BCUT2D eigenvalue weighted by Crippen LogP contribution is 2.20. The molecule has 130 valence electrons. The van der Waals surface area contributed by atoms with E-state index in [-0.39, 0.29) is 23.5 Å². The van der Waals surface area contributed by atoms with Gasteiger partial charge in [-0.15, -0.1) is 0 Å². The largest absolute Gasteiger partial charge is 0.352 e. The molecule has 24 heavy (non-hydrogen) atoms. The van der Waals surface area contributed by atoms with Crippen molar-refractivity contribution in [2.45, 2.75) is 38.3 Å². The number of likely N-dealkylation sites (tertiary alicyclic amines) is 1. The van der Waals surface area contributed by atoms with E-state index in [0.29, 0.717) is 19.1 Å². The van der Waals surface area contributed by atoms with Crippen LogP contribution in [0.4, 0.5) is 4.39 Å². The Kier molecular flexibility index (Phi) is 5.45. The van der Waals surface area contributed by atoms with Crippen molar-refractivity contribution in [1.29, 1.82) is 0 Å². The van der Waals surface area contributed by atoms with Crippen molar-refractivity contribution in [2.75, 3.05) is 19.6 Å². The van der Waals surface area contributed by atoms with Gasteiger partial charge in [-0.1, -0.05) is 12.1 Å². The van der Waals surface area contributed by atoms with Crippen molar-refractivity contribution < 1.29 is 14.0 Å². The van der Waals surface area contributed by atoms with Crippen LogP contribution in [0.5, 0.6) is 0 Å². The Bertz CT molecular complexity index is 578. The van der Waals surface area contributed by atoms with E-state index < -0.39 is 0 Å². The average Bonchev–Trinajstić information content (AvgIpc) is 3.38. The van der Waals surface area contributed by atoms with Crippen LogP contribution in [0.3, 0.4) is 0 Å². The molecule has 2 aliphatic rings. The zero-order valence-electron chi connectivity index (χ0n) is 13.8. The van der Waals surface area contributed by atoms with Gasteiger partial charge in [-0.05, 0) is 56.5 Å². The van der Waals surface area contributed by atoms with Crippen molar-refractivity contribution in [3.05, 3.63) is 35.6 Å². The predicted octanol–water partition coefficient (Wildman–Crippen LogP) is 1.43. The van der Waals surface area contributed by atoms with Gasteiger partial charge < -0.3 is 10.6 Å². The quantitative estimate of drug-likeness (QED) is 0.828. The first-order valence-corrected chi connectivity index (χ1v) is 8.64. The topological polar surface area (TPSA) is 61.4 Å². The molecule has 2 N–H and O–H groups in total. The molecule has 0 spiro atoms. The van der Waals surface area contributed by atoms with Crippen LogP contribution >= 0.6 is 0 Å². The lowest BCUT2D eigenvalue weighted by Gasteiger charge is -2.30. The third-order valence-electron chi connectivity index (χ3n) is 4.65. The normalized spacial score (nSPS) is 19.0. The zero-order chi connectivity index (χ0) is 16.9. The minimum absolute atomic E-state index is 0.00630. The number of rotatable bonds is 6. The van der Waals surface area contributed by atoms with Crippen LogP contribution in [0.2, 0.25) is 0 Å². The van der Waals surface area contributed by atoms with Gasteiger partial charge in [0, 0.05) is 18.5 Å². The van der Waals surface area contributed by atoms with Crippen LogP contribution in [0.1, 0.15) is 31.2 Å². The summed E-state index contributed by atoms with van der Waals surface area (Å²) < 4.78 is 12.9. The number of hydrogen-bond acceptors (Lipinski definition) is 3. The SMILES string of the molecule is O=C(CN1CCC(C(=O)NCc2ccc(F)cc2)CC1)NC1CC1. The van der Waals surface area contributed by atoms with E-state index in [4.69, 9.17) is 0 Å². The van der Waals surface area contributed by atoms with Gasteiger partial charge in [0.05, 0.1) is 6.54 Å². The van der Waals surface area contributed by atoms with Gasteiger partial charge in [-0.25, -0.2) is 4.39 Å². The zero-order valence-corrected chi connectivity index (χ0v) is 13.8. The molecule has 1 saturated heterocycles. The number of amides is 2. The van der Waals surface area contributed by atoms with Crippen molar-refractivity contribution in [2.24, 2.45) is 5.92 Å². The Morgan fingerprint density at radius 3 is 2.38 bits per heavy atom. The van der Waals surface area contributed by atoms with Gasteiger partial charge in [0.25, 0.3) is 0 Å². The van der Waals surface area contributed by atoms with E-state index in [1.165, 1.54) is 12.1 Å². The molecule has 2 amide bonds. The summed E-state index contributed by atoms with van der Waals surface area (Å²) in [5.74, 6) is -0.144. The van der Waals surface area contributed by atoms with E-state index in [9.17, 15) is 14.0 Å². The number of carbonyl (C=O) groups excluding carboxylic acids is 2. The highest BCUT2D eigenvalue weighted by Gasteiger charge is 2.27. The van der Waals surface area contributed by atoms with E-state index >= 15 is 0 Å². The predicted molar refractivity (Wildman–Crippen MR) is 88.6 cm³/mol. The third-order valence-corrected chi connectivity index (χ3v) is 4.65. The second-order valence-electron chi connectivity index (χ2n) is 6.74.